The van der Waals surface area contributed by atoms with Crippen LogP contribution in [0.4, 0.5) is 0 Å². The van der Waals surface area contributed by atoms with Crippen LogP contribution >= 0.6 is 10.5 Å². The van der Waals surface area contributed by atoms with Crippen molar-refractivity contribution in [2.75, 3.05) is 13.2 Å². The van der Waals surface area contributed by atoms with E-state index in [0.29, 0.717) is 5.75 Å². The van der Waals surface area contributed by atoms with E-state index < -0.39 is 11.3 Å². The summed E-state index contributed by atoms with van der Waals surface area (Å²) in [5.74, 6) is 0.224. The van der Waals surface area contributed by atoms with E-state index in [2.05, 4.69) is 0 Å². The van der Waals surface area contributed by atoms with E-state index in [1.807, 2.05) is 72.8 Å². The van der Waals surface area contributed by atoms with E-state index in [-0.39, 0.29) is 29.1 Å². The summed E-state index contributed by atoms with van der Waals surface area (Å²) in [4.78, 5) is 25.7. The van der Waals surface area contributed by atoms with E-state index in [4.69, 9.17) is 17.3 Å². The third-order valence-electron chi connectivity index (χ3n) is 4.87. The van der Waals surface area contributed by atoms with Gasteiger partial charge in [0.25, 0.3) is 0 Å². The first-order valence-electron chi connectivity index (χ1n) is 10.0. The molecule has 0 amide bonds. The van der Waals surface area contributed by atoms with Gasteiger partial charge in [-0.2, -0.15) is 0 Å². The zero-order valence-corrected chi connectivity index (χ0v) is 18.3. The van der Waals surface area contributed by atoms with Crippen LogP contribution in [0.1, 0.15) is 13.8 Å². The number of hydrogen-bond donors (Lipinski definition) is 0. The lowest BCUT2D eigenvalue weighted by atomic mass is 9.73. The Kier molecular flexibility index (Phi) is 5.83. The second-order valence-corrected chi connectivity index (χ2v) is 9.77. The Morgan fingerprint density at radius 2 is 1.42 bits per heavy atom. The van der Waals surface area contributed by atoms with Crippen molar-refractivity contribution in [2.24, 2.45) is 0 Å². The van der Waals surface area contributed by atoms with E-state index >= 15 is 0 Å². The molecule has 0 fully saturated rings. The van der Waals surface area contributed by atoms with Gasteiger partial charge in [0.15, 0.2) is 14.3 Å². The van der Waals surface area contributed by atoms with Gasteiger partial charge in [-0.1, -0.05) is 38.1 Å². The summed E-state index contributed by atoms with van der Waals surface area (Å²) < 4.78 is 12.9. The standard InChI is InChI=1S/C25H22BO4S/c1-25(2,26)24(28)30-16-15-29-17-11-13-18(14-12-17)31-21-9-5-3-7-19(21)23(27)20-8-4-6-10-22(20)31/h3-14H,15-16H2,1-2H3/q+1. The molecule has 0 unspecified atom stereocenters. The summed E-state index contributed by atoms with van der Waals surface area (Å²) in [6.07, 6.45) is 0. The van der Waals surface area contributed by atoms with Crippen LogP contribution in [0.2, 0.25) is 5.31 Å². The van der Waals surface area contributed by atoms with Crippen molar-refractivity contribution in [1.29, 1.82) is 0 Å². The van der Waals surface area contributed by atoms with E-state index in [1.54, 1.807) is 13.8 Å². The molecule has 4 nitrogen and oxygen atoms in total. The lowest BCUT2D eigenvalue weighted by Crippen LogP contribution is -2.22. The minimum atomic E-state index is -1.02. The van der Waals surface area contributed by atoms with Gasteiger partial charge in [0.05, 0.1) is 18.6 Å². The topological polar surface area (TPSA) is 52.6 Å². The molecule has 0 spiro atoms. The lowest BCUT2D eigenvalue weighted by Gasteiger charge is -2.17. The van der Waals surface area contributed by atoms with Gasteiger partial charge in [0.1, 0.15) is 19.0 Å². The molecule has 0 aliphatic heterocycles. The molecule has 0 aliphatic carbocycles. The van der Waals surface area contributed by atoms with Crippen LogP contribution < -0.4 is 10.2 Å². The maximum absolute atomic E-state index is 12.9. The Hall–Kier alpha value is -3.12. The average molecular weight is 429 g/mol. The zero-order valence-electron chi connectivity index (χ0n) is 17.5. The Balaban J connectivity index is 1.60. The van der Waals surface area contributed by atoms with Crippen molar-refractivity contribution in [3.05, 3.63) is 83.0 Å². The third-order valence-corrected chi connectivity index (χ3v) is 7.21. The predicted octanol–water partition coefficient (Wildman–Crippen LogP) is 5.38. The monoisotopic (exact) mass is 429 g/mol. The summed E-state index contributed by atoms with van der Waals surface area (Å²) in [5, 5.41) is 0.500. The molecular weight excluding hydrogens is 407 g/mol. The number of fused-ring (bicyclic) bond motifs is 2. The van der Waals surface area contributed by atoms with Gasteiger partial charge in [-0.25, -0.2) is 0 Å². The molecule has 4 aromatic rings. The highest BCUT2D eigenvalue weighted by Gasteiger charge is 2.23. The minimum absolute atomic E-state index is 0.0742. The summed E-state index contributed by atoms with van der Waals surface area (Å²) >= 11 is 0. The first-order valence-corrected chi connectivity index (χ1v) is 11.2. The molecule has 1 heterocycles. The Morgan fingerprint density at radius 1 is 0.871 bits per heavy atom. The molecule has 4 rings (SSSR count). The van der Waals surface area contributed by atoms with Crippen molar-refractivity contribution in [3.63, 3.8) is 0 Å². The fourth-order valence-corrected chi connectivity index (χ4v) is 5.68. The number of rotatable bonds is 6. The van der Waals surface area contributed by atoms with E-state index in [1.165, 1.54) is 0 Å². The minimum Gasteiger partial charge on any atom is -0.490 e. The molecule has 0 aliphatic rings. The zero-order chi connectivity index (χ0) is 22.0. The van der Waals surface area contributed by atoms with Crippen molar-refractivity contribution in [1.82, 2.24) is 0 Å². The van der Waals surface area contributed by atoms with E-state index in [9.17, 15) is 9.59 Å². The largest absolute Gasteiger partial charge is 0.490 e. The molecule has 2 radical (unpaired) electrons. The number of hydrogen-bond acceptors (Lipinski definition) is 4. The van der Waals surface area contributed by atoms with Crippen LogP contribution in [-0.2, 0) is 9.53 Å². The van der Waals surface area contributed by atoms with Gasteiger partial charge in [-0.15, -0.1) is 0 Å². The molecule has 31 heavy (non-hydrogen) atoms. The fourth-order valence-electron chi connectivity index (χ4n) is 3.33. The van der Waals surface area contributed by atoms with Crippen molar-refractivity contribution < 1.29 is 14.3 Å². The number of carbonyl (C=O) groups excluding carboxylic acids is 1. The summed E-state index contributed by atoms with van der Waals surface area (Å²) in [6.45, 7) is 3.58. The van der Waals surface area contributed by atoms with Gasteiger partial charge in [0, 0.05) is 27.9 Å². The smallest absolute Gasteiger partial charge is 0.302 e. The average Bonchev–Trinajstić information content (AvgIpc) is 2.77. The molecular formula is C25H22BO4S+. The first-order chi connectivity index (χ1) is 14.9. The number of carbonyl (C=O) groups is 1. The summed E-state index contributed by atoms with van der Waals surface area (Å²) in [5.41, 5.74) is 0.0742. The molecule has 1 aromatic heterocycles. The van der Waals surface area contributed by atoms with Gasteiger partial charge >= 0.3 is 5.97 Å². The molecule has 0 atom stereocenters. The van der Waals surface area contributed by atoms with Gasteiger partial charge in [-0.05, 0) is 36.4 Å². The summed E-state index contributed by atoms with van der Waals surface area (Å²) in [6, 6.07) is 23.5. The molecule has 0 bridgehead atoms. The second-order valence-electron chi connectivity index (χ2n) is 7.81. The summed E-state index contributed by atoms with van der Waals surface area (Å²) in [7, 11) is 5.33. The normalized spacial score (nSPS) is 11.5. The molecule has 6 heteroatoms. The lowest BCUT2D eigenvalue weighted by molar-refractivity contribution is -0.147. The van der Waals surface area contributed by atoms with Crippen molar-refractivity contribution in [2.45, 2.75) is 19.2 Å². The van der Waals surface area contributed by atoms with Crippen LogP contribution in [0.25, 0.3) is 25.1 Å². The van der Waals surface area contributed by atoms with Gasteiger partial charge in [-0.3, -0.25) is 9.59 Å². The predicted molar refractivity (Wildman–Crippen MR) is 128 cm³/mol. The van der Waals surface area contributed by atoms with Gasteiger partial charge in [0.2, 0.25) is 5.43 Å². The van der Waals surface area contributed by atoms with Crippen LogP contribution in [0.3, 0.4) is 0 Å². The van der Waals surface area contributed by atoms with E-state index in [0.717, 1.165) is 25.1 Å². The third kappa shape index (κ3) is 4.35. The van der Waals surface area contributed by atoms with Crippen molar-refractivity contribution >= 4 is 44.5 Å². The van der Waals surface area contributed by atoms with Crippen LogP contribution in [0.15, 0.2) is 77.6 Å². The quantitative estimate of drug-likeness (QED) is 0.136. The molecule has 0 N–H and O–H groups in total. The number of esters is 1. The molecule has 0 saturated carbocycles. The highest BCUT2D eigenvalue weighted by Crippen LogP contribution is 2.43. The molecule has 3 aromatic carbocycles. The first kappa shape index (κ1) is 21.1. The Morgan fingerprint density at radius 3 is 1.97 bits per heavy atom. The SMILES string of the molecule is [B]C(C)(C)C(=O)OCCOc1ccc(-[s+]2c3ccccc3c(=O)c3ccccc32)cc1. The van der Waals surface area contributed by atoms with Crippen LogP contribution in [0, 0.1) is 0 Å². The number of ether oxygens (including phenoxy) is 2. The maximum atomic E-state index is 12.9. The Labute approximate surface area is 184 Å². The van der Waals surface area contributed by atoms with Gasteiger partial charge < -0.3 is 9.47 Å². The highest BCUT2D eigenvalue weighted by atomic mass is 32.2. The fraction of sp³-hybridized carbons (Fsp3) is 0.200. The second kappa shape index (κ2) is 8.56. The molecule has 0 saturated heterocycles. The van der Waals surface area contributed by atoms with Crippen molar-refractivity contribution in [3.8, 4) is 10.6 Å². The highest BCUT2D eigenvalue weighted by molar-refractivity contribution is 7.49. The Bertz CT molecular complexity index is 1240. The van der Waals surface area contributed by atoms with Crippen LogP contribution in [0.5, 0.6) is 5.75 Å². The van der Waals surface area contributed by atoms with Crippen LogP contribution in [-0.4, -0.2) is 27.0 Å². The molecule has 154 valence electrons. The maximum Gasteiger partial charge on any atom is 0.302 e. The number of benzene rings is 3.